The molecule has 18 heavy (non-hydrogen) atoms. The van der Waals surface area contributed by atoms with Gasteiger partial charge in [-0.15, -0.1) is 0 Å². The Labute approximate surface area is 108 Å². The molecule has 4 heteroatoms. The molecular formula is C14H21FN2O. The van der Waals surface area contributed by atoms with Crippen molar-refractivity contribution in [1.29, 1.82) is 0 Å². The second-order valence-electron chi connectivity index (χ2n) is 5.57. The van der Waals surface area contributed by atoms with Gasteiger partial charge in [0.15, 0.2) is 11.6 Å². The summed E-state index contributed by atoms with van der Waals surface area (Å²) in [5.41, 5.74) is 6.81. The van der Waals surface area contributed by atoms with Gasteiger partial charge >= 0.3 is 0 Å². The lowest BCUT2D eigenvalue weighted by molar-refractivity contribution is 0.332. The number of nitrogens with two attached hydrogens (primary N) is 1. The molecule has 0 amide bonds. The van der Waals surface area contributed by atoms with Gasteiger partial charge in [0.05, 0.1) is 12.6 Å². The highest BCUT2D eigenvalue weighted by Crippen LogP contribution is 2.54. The van der Waals surface area contributed by atoms with Gasteiger partial charge in [0.1, 0.15) is 0 Å². The Kier molecular flexibility index (Phi) is 3.23. The first-order valence-corrected chi connectivity index (χ1v) is 6.26. The highest BCUT2D eigenvalue weighted by atomic mass is 19.1. The number of nitrogens with one attached hydrogen (secondary N) is 1. The summed E-state index contributed by atoms with van der Waals surface area (Å²) in [6.07, 6.45) is 2.35. The fraction of sp³-hybridized carbons (Fsp3) is 0.571. The van der Waals surface area contributed by atoms with Gasteiger partial charge in [0, 0.05) is 18.3 Å². The molecule has 0 bridgehead atoms. The molecule has 3 nitrogen and oxygen atoms in total. The van der Waals surface area contributed by atoms with E-state index < -0.39 is 0 Å². The van der Waals surface area contributed by atoms with Crippen LogP contribution in [-0.2, 0) is 0 Å². The number of ether oxygens (including phenoxy) is 1. The molecule has 0 radical (unpaired) electrons. The first-order valence-electron chi connectivity index (χ1n) is 6.26. The van der Waals surface area contributed by atoms with Crippen LogP contribution in [0.25, 0.3) is 0 Å². The molecule has 3 N–H and O–H groups in total. The molecule has 0 aliphatic heterocycles. The molecule has 1 unspecified atom stereocenters. The van der Waals surface area contributed by atoms with Crippen molar-refractivity contribution in [3.05, 3.63) is 24.0 Å². The van der Waals surface area contributed by atoms with Crippen LogP contribution in [0.4, 0.5) is 10.1 Å². The first-order chi connectivity index (χ1) is 8.44. The van der Waals surface area contributed by atoms with Gasteiger partial charge in [0.2, 0.25) is 0 Å². The third-order valence-electron chi connectivity index (χ3n) is 4.31. The molecule has 2 rings (SSSR count). The SMILES string of the molecule is COc1cc(NC(C)(CN)C2(C)CC2)ccc1F. The Balaban J connectivity index is 2.22. The Morgan fingerprint density at radius 2 is 2.17 bits per heavy atom. The third kappa shape index (κ3) is 2.17. The van der Waals surface area contributed by atoms with Crippen LogP contribution in [-0.4, -0.2) is 19.2 Å². The second-order valence-corrected chi connectivity index (χ2v) is 5.57. The topological polar surface area (TPSA) is 47.3 Å². The van der Waals surface area contributed by atoms with E-state index in [1.165, 1.54) is 26.0 Å². The number of rotatable bonds is 5. The predicted octanol–water partition coefficient (Wildman–Crippen LogP) is 2.76. The fourth-order valence-electron chi connectivity index (χ4n) is 2.24. The Bertz CT molecular complexity index is 445. The fourth-order valence-corrected chi connectivity index (χ4v) is 2.24. The van der Waals surface area contributed by atoms with Crippen molar-refractivity contribution in [2.75, 3.05) is 19.0 Å². The average Bonchev–Trinajstić information content (AvgIpc) is 3.11. The van der Waals surface area contributed by atoms with E-state index >= 15 is 0 Å². The lowest BCUT2D eigenvalue weighted by Crippen LogP contribution is -2.49. The standard InChI is InChI=1S/C14H21FN2O/c1-13(6-7-13)14(2,9-16)17-10-4-5-11(15)12(8-10)18-3/h4-5,8,17H,6-7,9,16H2,1-3H3. The van der Waals surface area contributed by atoms with Gasteiger partial charge in [0.25, 0.3) is 0 Å². The lowest BCUT2D eigenvalue weighted by atomic mass is 9.83. The number of methoxy groups -OCH3 is 1. The number of benzene rings is 1. The minimum Gasteiger partial charge on any atom is -0.494 e. The molecule has 1 aromatic carbocycles. The smallest absolute Gasteiger partial charge is 0.165 e. The molecule has 1 fully saturated rings. The summed E-state index contributed by atoms with van der Waals surface area (Å²) in [7, 11) is 1.46. The van der Waals surface area contributed by atoms with Crippen LogP contribution in [0.5, 0.6) is 5.75 Å². The maximum absolute atomic E-state index is 13.4. The van der Waals surface area contributed by atoms with Crippen molar-refractivity contribution in [3.63, 3.8) is 0 Å². The van der Waals surface area contributed by atoms with Crippen LogP contribution in [0.15, 0.2) is 18.2 Å². The Hall–Kier alpha value is -1.29. The second kappa shape index (κ2) is 4.43. The molecule has 0 heterocycles. The van der Waals surface area contributed by atoms with Crippen LogP contribution in [0.2, 0.25) is 0 Å². The van der Waals surface area contributed by atoms with Gasteiger partial charge < -0.3 is 15.8 Å². The summed E-state index contributed by atoms with van der Waals surface area (Å²) in [4.78, 5) is 0. The van der Waals surface area contributed by atoms with Crippen LogP contribution in [0.1, 0.15) is 26.7 Å². The summed E-state index contributed by atoms with van der Waals surface area (Å²) in [5.74, 6) is -0.101. The zero-order valence-electron chi connectivity index (χ0n) is 11.2. The highest BCUT2D eigenvalue weighted by Gasteiger charge is 2.52. The third-order valence-corrected chi connectivity index (χ3v) is 4.31. The first kappa shape index (κ1) is 13.1. The maximum Gasteiger partial charge on any atom is 0.165 e. The number of hydrogen-bond acceptors (Lipinski definition) is 3. The van der Waals surface area contributed by atoms with Crippen LogP contribution in [0.3, 0.4) is 0 Å². The highest BCUT2D eigenvalue weighted by molar-refractivity contribution is 5.51. The number of anilines is 1. The summed E-state index contributed by atoms with van der Waals surface area (Å²) in [5, 5.41) is 3.44. The summed E-state index contributed by atoms with van der Waals surface area (Å²) in [6, 6.07) is 4.81. The monoisotopic (exact) mass is 252 g/mol. The molecule has 1 saturated carbocycles. The molecular weight excluding hydrogens is 231 g/mol. The van der Waals surface area contributed by atoms with Crippen molar-refractivity contribution in [3.8, 4) is 5.75 Å². The van der Waals surface area contributed by atoms with Gasteiger partial charge in [-0.25, -0.2) is 4.39 Å². The molecule has 0 spiro atoms. The van der Waals surface area contributed by atoms with E-state index in [1.54, 1.807) is 12.1 Å². The zero-order chi connectivity index (χ0) is 13.4. The Morgan fingerprint density at radius 3 is 2.67 bits per heavy atom. The van der Waals surface area contributed by atoms with Crippen molar-refractivity contribution in [2.45, 2.75) is 32.2 Å². The molecule has 1 aliphatic rings. The molecule has 100 valence electrons. The largest absolute Gasteiger partial charge is 0.494 e. The van der Waals surface area contributed by atoms with Crippen molar-refractivity contribution < 1.29 is 9.13 Å². The van der Waals surface area contributed by atoms with Crippen LogP contribution in [0, 0.1) is 11.2 Å². The quantitative estimate of drug-likeness (QED) is 0.847. The normalized spacial score (nSPS) is 20.1. The molecule has 1 atom stereocenters. The predicted molar refractivity (Wildman–Crippen MR) is 71.4 cm³/mol. The minimum absolute atomic E-state index is 0.171. The van der Waals surface area contributed by atoms with Crippen molar-refractivity contribution in [1.82, 2.24) is 0 Å². The molecule has 1 aliphatic carbocycles. The van der Waals surface area contributed by atoms with Gasteiger partial charge in [-0.2, -0.15) is 0 Å². The van der Waals surface area contributed by atoms with Gasteiger partial charge in [-0.05, 0) is 37.3 Å². The van der Waals surface area contributed by atoms with E-state index in [9.17, 15) is 4.39 Å². The van der Waals surface area contributed by atoms with E-state index in [2.05, 4.69) is 19.2 Å². The van der Waals surface area contributed by atoms with E-state index in [-0.39, 0.29) is 22.5 Å². The summed E-state index contributed by atoms with van der Waals surface area (Å²) < 4.78 is 18.3. The van der Waals surface area contributed by atoms with Crippen LogP contribution < -0.4 is 15.8 Å². The van der Waals surface area contributed by atoms with E-state index in [4.69, 9.17) is 10.5 Å². The van der Waals surface area contributed by atoms with Crippen LogP contribution >= 0.6 is 0 Å². The van der Waals surface area contributed by atoms with Crippen molar-refractivity contribution in [2.24, 2.45) is 11.1 Å². The molecule has 0 saturated heterocycles. The van der Waals surface area contributed by atoms with Gasteiger partial charge in [-0.3, -0.25) is 0 Å². The summed E-state index contributed by atoms with van der Waals surface area (Å²) in [6.45, 7) is 4.90. The maximum atomic E-state index is 13.4. The molecule has 1 aromatic rings. The van der Waals surface area contributed by atoms with E-state index in [0.29, 0.717) is 6.54 Å². The number of hydrogen-bond donors (Lipinski definition) is 2. The van der Waals surface area contributed by atoms with Gasteiger partial charge in [-0.1, -0.05) is 6.92 Å². The zero-order valence-corrected chi connectivity index (χ0v) is 11.2. The average molecular weight is 252 g/mol. The number of halogens is 1. The Morgan fingerprint density at radius 1 is 1.50 bits per heavy atom. The van der Waals surface area contributed by atoms with E-state index in [1.807, 2.05) is 0 Å². The summed E-state index contributed by atoms with van der Waals surface area (Å²) >= 11 is 0. The minimum atomic E-state index is -0.352. The van der Waals surface area contributed by atoms with E-state index in [0.717, 1.165) is 5.69 Å². The molecule has 0 aromatic heterocycles. The lowest BCUT2D eigenvalue weighted by Gasteiger charge is -2.37. The van der Waals surface area contributed by atoms with Crippen molar-refractivity contribution >= 4 is 5.69 Å².